The average Bonchev–Trinajstić information content (AvgIpc) is 3.39. The number of thiazole rings is 1. The highest BCUT2D eigenvalue weighted by Crippen LogP contribution is 2.28. The number of likely N-dealkylation sites (N-methyl/N-ethyl adjacent to an activating group) is 1. The number of rotatable bonds is 9. The molecule has 154 valence electrons. The van der Waals surface area contributed by atoms with Crippen molar-refractivity contribution in [1.29, 1.82) is 0 Å². The first-order valence-corrected chi connectivity index (χ1v) is 10.5. The summed E-state index contributed by atoms with van der Waals surface area (Å²) < 4.78 is 5.72. The van der Waals surface area contributed by atoms with Crippen LogP contribution >= 0.6 is 35.3 Å². The number of benzene rings is 1. The van der Waals surface area contributed by atoms with E-state index in [0.717, 1.165) is 55.3 Å². The molecule has 1 aliphatic rings. The lowest BCUT2D eigenvalue weighted by molar-refractivity contribution is 0.115. The summed E-state index contributed by atoms with van der Waals surface area (Å²) in [4.78, 5) is 11.2. The molecule has 1 aliphatic carbocycles. The molecule has 1 saturated carbocycles. The molecule has 1 aromatic carbocycles. The van der Waals surface area contributed by atoms with E-state index in [1.54, 1.807) is 11.3 Å². The van der Waals surface area contributed by atoms with Crippen molar-refractivity contribution in [2.75, 3.05) is 40.4 Å². The zero-order chi connectivity index (χ0) is 19.1. The standard InChI is InChI=1S/C21H30N4OS.HI/c1-16-4-8-18(9-5-16)20-24-19(15-27-20)10-11-23-21(22-2)25(3)12-13-26-14-17-6-7-17;/h4-5,8-9,15,17H,6-7,10-14H2,1-3H3,(H,22,23);1H. The van der Waals surface area contributed by atoms with Crippen LogP contribution in [-0.4, -0.2) is 56.2 Å². The van der Waals surface area contributed by atoms with E-state index in [1.807, 2.05) is 14.1 Å². The molecule has 1 fully saturated rings. The first-order valence-electron chi connectivity index (χ1n) is 9.66. The molecule has 5 nitrogen and oxygen atoms in total. The number of hydrogen-bond donors (Lipinski definition) is 1. The van der Waals surface area contributed by atoms with Crippen LogP contribution in [0.15, 0.2) is 34.6 Å². The zero-order valence-electron chi connectivity index (χ0n) is 17.0. The summed E-state index contributed by atoms with van der Waals surface area (Å²) in [6.45, 7) is 5.43. The Bertz CT molecular complexity index is 743. The molecule has 7 heteroatoms. The van der Waals surface area contributed by atoms with Crippen LogP contribution in [0.2, 0.25) is 0 Å². The van der Waals surface area contributed by atoms with Crippen LogP contribution in [0.3, 0.4) is 0 Å². The van der Waals surface area contributed by atoms with Gasteiger partial charge in [0.2, 0.25) is 0 Å². The first-order chi connectivity index (χ1) is 13.2. The molecule has 0 bridgehead atoms. The monoisotopic (exact) mass is 514 g/mol. The van der Waals surface area contributed by atoms with Crippen molar-refractivity contribution in [1.82, 2.24) is 15.2 Å². The van der Waals surface area contributed by atoms with Gasteiger partial charge in [-0.25, -0.2) is 4.98 Å². The van der Waals surface area contributed by atoms with Crippen molar-refractivity contribution in [2.45, 2.75) is 26.2 Å². The number of guanidine groups is 1. The smallest absolute Gasteiger partial charge is 0.193 e. The summed E-state index contributed by atoms with van der Waals surface area (Å²) >= 11 is 1.70. The predicted molar refractivity (Wildman–Crippen MR) is 129 cm³/mol. The largest absolute Gasteiger partial charge is 0.379 e. The molecule has 1 aromatic heterocycles. The summed E-state index contributed by atoms with van der Waals surface area (Å²) in [7, 11) is 3.87. The van der Waals surface area contributed by atoms with Gasteiger partial charge in [-0.3, -0.25) is 4.99 Å². The van der Waals surface area contributed by atoms with Gasteiger partial charge in [0.05, 0.1) is 12.3 Å². The molecule has 0 unspecified atom stereocenters. The Hall–Kier alpha value is -1.19. The SMILES string of the molecule is CN=C(NCCc1csc(-c2ccc(C)cc2)n1)N(C)CCOCC1CC1.I. The highest BCUT2D eigenvalue weighted by atomic mass is 127. The van der Waals surface area contributed by atoms with E-state index < -0.39 is 0 Å². The van der Waals surface area contributed by atoms with E-state index in [0.29, 0.717) is 0 Å². The van der Waals surface area contributed by atoms with Crippen molar-refractivity contribution >= 4 is 41.3 Å². The third-order valence-electron chi connectivity index (χ3n) is 4.71. The van der Waals surface area contributed by atoms with Gasteiger partial charge in [0.1, 0.15) is 5.01 Å². The van der Waals surface area contributed by atoms with Gasteiger partial charge in [-0.1, -0.05) is 29.8 Å². The number of hydrogen-bond acceptors (Lipinski definition) is 4. The van der Waals surface area contributed by atoms with Crippen molar-refractivity contribution in [3.05, 3.63) is 40.9 Å². The van der Waals surface area contributed by atoms with Gasteiger partial charge in [0, 0.05) is 51.2 Å². The Morgan fingerprint density at radius 1 is 1.32 bits per heavy atom. The summed E-state index contributed by atoms with van der Waals surface area (Å²) in [6, 6.07) is 8.54. The number of nitrogens with zero attached hydrogens (tertiary/aromatic N) is 3. The number of halogens is 1. The van der Waals surface area contributed by atoms with Gasteiger partial charge in [-0.15, -0.1) is 35.3 Å². The minimum absolute atomic E-state index is 0. The Kier molecular flexibility index (Phi) is 9.67. The second kappa shape index (κ2) is 11.7. The molecule has 0 aliphatic heterocycles. The van der Waals surface area contributed by atoms with Crippen LogP contribution < -0.4 is 5.32 Å². The number of ether oxygens (including phenoxy) is 1. The van der Waals surface area contributed by atoms with Crippen LogP contribution in [0.25, 0.3) is 10.6 Å². The number of aryl methyl sites for hydroxylation is 1. The molecule has 3 rings (SSSR count). The average molecular weight is 514 g/mol. The molecular formula is C21H31IN4OS. The van der Waals surface area contributed by atoms with Crippen molar-refractivity contribution in [3.63, 3.8) is 0 Å². The summed E-state index contributed by atoms with van der Waals surface area (Å²) in [5, 5.41) is 6.65. The maximum Gasteiger partial charge on any atom is 0.193 e. The fourth-order valence-electron chi connectivity index (χ4n) is 2.78. The van der Waals surface area contributed by atoms with Gasteiger partial charge in [-0.05, 0) is 25.7 Å². The maximum absolute atomic E-state index is 5.72. The van der Waals surface area contributed by atoms with E-state index in [1.165, 1.54) is 24.0 Å². The molecule has 0 saturated heterocycles. The molecule has 2 aromatic rings. The molecule has 28 heavy (non-hydrogen) atoms. The Labute approximate surface area is 189 Å². The molecule has 0 spiro atoms. The lowest BCUT2D eigenvalue weighted by Gasteiger charge is -2.21. The van der Waals surface area contributed by atoms with Gasteiger partial charge < -0.3 is 15.0 Å². The summed E-state index contributed by atoms with van der Waals surface area (Å²) in [5.41, 5.74) is 3.58. The van der Waals surface area contributed by atoms with Gasteiger partial charge in [0.15, 0.2) is 5.96 Å². The van der Waals surface area contributed by atoms with Crippen LogP contribution in [-0.2, 0) is 11.2 Å². The fraction of sp³-hybridized carbons (Fsp3) is 0.524. The fourth-order valence-corrected chi connectivity index (χ4v) is 3.64. The molecule has 1 heterocycles. The lowest BCUT2D eigenvalue weighted by atomic mass is 10.2. The van der Waals surface area contributed by atoms with Crippen LogP contribution in [0.1, 0.15) is 24.1 Å². The minimum atomic E-state index is 0. The number of aromatic nitrogens is 1. The topological polar surface area (TPSA) is 49.8 Å². The molecule has 0 atom stereocenters. The Morgan fingerprint density at radius 2 is 2.07 bits per heavy atom. The third-order valence-corrected chi connectivity index (χ3v) is 5.65. The second-order valence-electron chi connectivity index (χ2n) is 7.17. The van der Waals surface area contributed by atoms with E-state index >= 15 is 0 Å². The van der Waals surface area contributed by atoms with E-state index in [-0.39, 0.29) is 24.0 Å². The van der Waals surface area contributed by atoms with E-state index in [4.69, 9.17) is 9.72 Å². The van der Waals surface area contributed by atoms with Gasteiger partial charge >= 0.3 is 0 Å². The number of nitrogens with one attached hydrogen (secondary N) is 1. The van der Waals surface area contributed by atoms with E-state index in [2.05, 4.69) is 51.8 Å². The lowest BCUT2D eigenvalue weighted by Crippen LogP contribution is -2.41. The molecule has 0 radical (unpaired) electrons. The summed E-state index contributed by atoms with van der Waals surface area (Å²) in [5.74, 6) is 1.72. The Morgan fingerprint density at radius 3 is 2.75 bits per heavy atom. The molecule has 1 N–H and O–H groups in total. The molecular weight excluding hydrogens is 483 g/mol. The van der Waals surface area contributed by atoms with Crippen LogP contribution in [0.4, 0.5) is 0 Å². The molecule has 0 amide bonds. The van der Waals surface area contributed by atoms with Crippen LogP contribution in [0, 0.1) is 12.8 Å². The van der Waals surface area contributed by atoms with Gasteiger partial charge in [-0.2, -0.15) is 0 Å². The summed E-state index contributed by atoms with van der Waals surface area (Å²) in [6.07, 6.45) is 3.55. The normalized spacial score (nSPS) is 13.9. The highest BCUT2D eigenvalue weighted by molar-refractivity contribution is 14.0. The first kappa shape index (κ1) is 23.1. The Balaban J connectivity index is 0.00000280. The number of aliphatic imine (C=N–C) groups is 1. The third kappa shape index (κ3) is 7.33. The van der Waals surface area contributed by atoms with E-state index in [9.17, 15) is 0 Å². The predicted octanol–water partition coefficient (Wildman–Crippen LogP) is 4.21. The zero-order valence-corrected chi connectivity index (χ0v) is 20.1. The van der Waals surface area contributed by atoms with Gasteiger partial charge in [0.25, 0.3) is 0 Å². The quantitative estimate of drug-likeness (QED) is 0.236. The van der Waals surface area contributed by atoms with Crippen molar-refractivity contribution < 1.29 is 4.74 Å². The minimum Gasteiger partial charge on any atom is -0.379 e. The highest BCUT2D eigenvalue weighted by Gasteiger charge is 2.21. The maximum atomic E-state index is 5.72. The van der Waals surface area contributed by atoms with Crippen LogP contribution in [0.5, 0.6) is 0 Å². The van der Waals surface area contributed by atoms with Crippen molar-refractivity contribution in [2.24, 2.45) is 10.9 Å². The van der Waals surface area contributed by atoms with Crippen molar-refractivity contribution in [3.8, 4) is 10.6 Å². The second-order valence-corrected chi connectivity index (χ2v) is 8.03.